The summed E-state index contributed by atoms with van der Waals surface area (Å²) in [6.45, 7) is 2.01. The van der Waals surface area contributed by atoms with E-state index in [0.29, 0.717) is 6.61 Å². The number of sulfonamides is 1. The van der Waals surface area contributed by atoms with Crippen LogP contribution in [0.15, 0.2) is 65.6 Å². The van der Waals surface area contributed by atoms with Crippen molar-refractivity contribution in [3.8, 4) is 0 Å². The van der Waals surface area contributed by atoms with Crippen molar-refractivity contribution in [3.63, 3.8) is 0 Å². The lowest BCUT2D eigenvalue weighted by Gasteiger charge is -2.23. The van der Waals surface area contributed by atoms with Crippen LogP contribution in [0.4, 0.5) is 0 Å². The number of benzene rings is 2. The summed E-state index contributed by atoms with van der Waals surface area (Å²) < 4.78 is 32.2. The number of rotatable bonds is 9. The molecule has 1 N–H and O–H groups in total. The highest BCUT2D eigenvalue weighted by atomic mass is 32.2. The molecule has 2 aromatic carbocycles. The van der Waals surface area contributed by atoms with E-state index in [-0.39, 0.29) is 29.9 Å². The summed E-state index contributed by atoms with van der Waals surface area (Å²) >= 11 is 0. The van der Waals surface area contributed by atoms with Crippen molar-refractivity contribution in [2.24, 2.45) is 0 Å². The molecule has 0 aliphatic rings. The van der Waals surface area contributed by atoms with Crippen molar-refractivity contribution in [3.05, 3.63) is 66.2 Å². The molecule has 0 aliphatic heterocycles. The second kappa shape index (κ2) is 9.47. The van der Waals surface area contributed by atoms with E-state index >= 15 is 0 Å². The molecule has 1 atom stereocenters. The summed E-state index contributed by atoms with van der Waals surface area (Å²) in [5, 5.41) is 2.75. The molecule has 140 valence electrons. The minimum atomic E-state index is -3.80. The Morgan fingerprint density at radius 1 is 1.08 bits per heavy atom. The summed E-state index contributed by atoms with van der Waals surface area (Å²) in [5.74, 6) is -0.370. The minimum absolute atomic E-state index is 0.115. The van der Waals surface area contributed by atoms with Crippen LogP contribution in [0.5, 0.6) is 0 Å². The van der Waals surface area contributed by atoms with Crippen molar-refractivity contribution in [2.45, 2.75) is 24.4 Å². The van der Waals surface area contributed by atoms with Crippen LogP contribution >= 0.6 is 0 Å². The minimum Gasteiger partial charge on any atom is -0.383 e. The standard InChI is InChI=1S/C19H24N2O4S/c1-16(15-25-2)20-19(22)14-21(13-17-9-5-3-6-10-17)26(23,24)18-11-7-4-8-12-18/h3-12,16H,13-15H2,1-2H3,(H,20,22)/t16-/m1/s1. The largest absolute Gasteiger partial charge is 0.383 e. The highest BCUT2D eigenvalue weighted by Gasteiger charge is 2.27. The number of carbonyl (C=O) groups is 1. The molecule has 26 heavy (non-hydrogen) atoms. The lowest BCUT2D eigenvalue weighted by atomic mass is 10.2. The molecule has 6 nitrogen and oxygen atoms in total. The van der Waals surface area contributed by atoms with Crippen LogP contribution in [0, 0.1) is 0 Å². The van der Waals surface area contributed by atoms with Crippen molar-refractivity contribution in [1.29, 1.82) is 0 Å². The van der Waals surface area contributed by atoms with Gasteiger partial charge in [-0.15, -0.1) is 0 Å². The SMILES string of the molecule is COC[C@@H](C)NC(=O)CN(Cc1ccccc1)S(=O)(=O)c1ccccc1. The van der Waals surface area contributed by atoms with E-state index in [1.807, 2.05) is 30.3 Å². The van der Waals surface area contributed by atoms with E-state index in [4.69, 9.17) is 4.74 Å². The lowest BCUT2D eigenvalue weighted by molar-refractivity contribution is -0.122. The van der Waals surface area contributed by atoms with Crippen molar-refractivity contribution in [1.82, 2.24) is 9.62 Å². The zero-order valence-electron chi connectivity index (χ0n) is 15.0. The normalized spacial score (nSPS) is 12.7. The molecule has 0 spiro atoms. The Balaban J connectivity index is 2.23. The first-order valence-electron chi connectivity index (χ1n) is 8.31. The zero-order valence-corrected chi connectivity index (χ0v) is 15.8. The van der Waals surface area contributed by atoms with Gasteiger partial charge in [-0.3, -0.25) is 4.79 Å². The van der Waals surface area contributed by atoms with Crippen LogP contribution in [0.3, 0.4) is 0 Å². The summed E-state index contributed by atoms with van der Waals surface area (Å²) in [6.07, 6.45) is 0. The Hall–Kier alpha value is -2.22. The Labute approximate surface area is 154 Å². The zero-order chi connectivity index (χ0) is 19.0. The Bertz CT molecular complexity index is 795. The van der Waals surface area contributed by atoms with Gasteiger partial charge >= 0.3 is 0 Å². The second-order valence-electron chi connectivity index (χ2n) is 6.00. The third kappa shape index (κ3) is 5.66. The van der Waals surface area contributed by atoms with Gasteiger partial charge < -0.3 is 10.1 Å². The van der Waals surface area contributed by atoms with Crippen molar-refractivity contribution < 1.29 is 17.9 Å². The third-order valence-electron chi connectivity index (χ3n) is 3.73. The molecule has 0 aromatic heterocycles. The summed E-state index contributed by atoms with van der Waals surface area (Å²) in [5.41, 5.74) is 0.810. The molecular formula is C19H24N2O4S. The van der Waals surface area contributed by atoms with Crippen molar-refractivity contribution in [2.75, 3.05) is 20.3 Å². The first-order chi connectivity index (χ1) is 12.4. The second-order valence-corrected chi connectivity index (χ2v) is 7.93. The van der Waals surface area contributed by atoms with Gasteiger partial charge in [0.15, 0.2) is 0 Å². The Morgan fingerprint density at radius 2 is 1.65 bits per heavy atom. The summed E-state index contributed by atoms with van der Waals surface area (Å²) in [7, 11) is -2.26. The van der Waals surface area contributed by atoms with E-state index in [2.05, 4.69) is 5.32 Å². The van der Waals surface area contributed by atoms with E-state index < -0.39 is 10.0 Å². The summed E-state index contributed by atoms with van der Waals surface area (Å²) in [4.78, 5) is 12.5. The average molecular weight is 376 g/mol. The molecule has 2 rings (SSSR count). The topological polar surface area (TPSA) is 75.7 Å². The van der Waals surface area contributed by atoms with Gasteiger partial charge in [0.25, 0.3) is 0 Å². The molecule has 0 radical (unpaired) electrons. The van der Waals surface area contributed by atoms with Gasteiger partial charge in [-0.2, -0.15) is 4.31 Å². The van der Waals surface area contributed by atoms with Gasteiger partial charge in [-0.25, -0.2) is 8.42 Å². The quantitative estimate of drug-likeness (QED) is 0.727. The monoisotopic (exact) mass is 376 g/mol. The summed E-state index contributed by atoms with van der Waals surface area (Å²) in [6, 6.07) is 17.1. The number of hydrogen-bond acceptors (Lipinski definition) is 4. The first kappa shape index (κ1) is 20.1. The highest BCUT2D eigenvalue weighted by molar-refractivity contribution is 7.89. The van der Waals surface area contributed by atoms with Gasteiger partial charge in [0.1, 0.15) is 0 Å². The molecule has 0 aliphatic carbocycles. The van der Waals surface area contributed by atoms with Crippen LogP contribution in [-0.4, -0.2) is 44.9 Å². The number of methoxy groups -OCH3 is 1. The highest BCUT2D eigenvalue weighted by Crippen LogP contribution is 2.18. The van der Waals surface area contributed by atoms with E-state index in [1.165, 1.54) is 16.4 Å². The lowest BCUT2D eigenvalue weighted by Crippen LogP contribution is -2.44. The molecular weight excluding hydrogens is 352 g/mol. The van der Waals surface area contributed by atoms with Crippen LogP contribution in [-0.2, 0) is 26.1 Å². The molecule has 0 fully saturated rings. The van der Waals surface area contributed by atoms with Crippen LogP contribution in [0.2, 0.25) is 0 Å². The van der Waals surface area contributed by atoms with E-state index in [9.17, 15) is 13.2 Å². The van der Waals surface area contributed by atoms with Gasteiger partial charge in [-0.1, -0.05) is 48.5 Å². The molecule has 1 amide bonds. The van der Waals surface area contributed by atoms with E-state index in [0.717, 1.165) is 5.56 Å². The number of hydrogen-bond donors (Lipinski definition) is 1. The molecule has 0 unspecified atom stereocenters. The maximum absolute atomic E-state index is 13.0. The maximum Gasteiger partial charge on any atom is 0.243 e. The molecule has 0 heterocycles. The molecule has 0 saturated heterocycles. The number of carbonyl (C=O) groups excluding carboxylic acids is 1. The fourth-order valence-corrected chi connectivity index (χ4v) is 3.93. The third-order valence-corrected chi connectivity index (χ3v) is 5.53. The molecule has 2 aromatic rings. The molecule has 0 saturated carbocycles. The van der Waals surface area contributed by atoms with Gasteiger partial charge in [-0.05, 0) is 24.6 Å². The Kier molecular flexibility index (Phi) is 7.32. The molecule has 7 heteroatoms. The maximum atomic E-state index is 13.0. The van der Waals surface area contributed by atoms with Gasteiger partial charge in [0.05, 0.1) is 18.0 Å². The smallest absolute Gasteiger partial charge is 0.243 e. The van der Waals surface area contributed by atoms with Crippen molar-refractivity contribution >= 4 is 15.9 Å². The predicted octanol–water partition coefficient (Wildman–Crippen LogP) is 2.03. The number of nitrogens with zero attached hydrogens (tertiary/aromatic N) is 1. The number of nitrogens with one attached hydrogen (secondary N) is 1. The Morgan fingerprint density at radius 3 is 2.23 bits per heavy atom. The number of ether oxygens (including phenoxy) is 1. The van der Waals surface area contributed by atoms with Gasteiger partial charge in [0, 0.05) is 19.7 Å². The fraction of sp³-hybridized carbons (Fsp3) is 0.316. The van der Waals surface area contributed by atoms with E-state index in [1.54, 1.807) is 32.2 Å². The van der Waals surface area contributed by atoms with Gasteiger partial charge in [0.2, 0.25) is 15.9 Å². The van der Waals surface area contributed by atoms with Crippen LogP contribution in [0.25, 0.3) is 0 Å². The molecule has 0 bridgehead atoms. The average Bonchev–Trinajstić information content (AvgIpc) is 2.63. The van der Waals surface area contributed by atoms with Crippen LogP contribution in [0.1, 0.15) is 12.5 Å². The predicted molar refractivity (Wildman–Crippen MR) is 100.0 cm³/mol. The first-order valence-corrected chi connectivity index (χ1v) is 9.75. The number of amides is 1. The fourth-order valence-electron chi connectivity index (χ4n) is 2.53. The van der Waals surface area contributed by atoms with Crippen LogP contribution < -0.4 is 5.32 Å².